The smallest absolute Gasteiger partial charge is 0.272 e. The van der Waals surface area contributed by atoms with Crippen molar-refractivity contribution in [1.82, 2.24) is 5.32 Å². The molecule has 0 saturated carbocycles. The van der Waals surface area contributed by atoms with E-state index in [9.17, 15) is 20.3 Å². The number of nitrogens with zero attached hydrogens (tertiary/aromatic N) is 1. The molecule has 1 aromatic rings. The SMILES string of the molecule is CNCC(O)C(O)c1ccc(C)c([N+](=O)[O-])c1. The maximum absolute atomic E-state index is 10.7. The normalized spacial score (nSPS) is 14.4. The monoisotopic (exact) mass is 240 g/mol. The van der Waals surface area contributed by atoms with Gasteiger partial charge in [0.05, 0.1) is 11.0 Å². The Morgan fingerprint density at radius 1 is 1.47 bits per heavy atom. The van der Waals surface area contributed by atoms with Crippen molar-refractivity contribution >= 4 is 5.69 Å². The van der Waals surface area contributed by atoms with E-state index in [2.05, 4.69) is 5.32 Å². The lowest BCUT2D eigenvalue weighted by Crippen LogP contribution is -2.29. The van der Waals surface area contributed by atoms with Gasteiger partial charge in [-0.15, -0.1) is 0 Å². The first-order valence-corrected chi connectivity index (χ1v) is 5.23. The van der Waals surface area contributed by atoms with Gasteiger partial charge in [0, 0.05) is 18.2 Å². The molecule has 0 bridgehead atoms. The molecule has 0 aliphatic heterocycles. The number of aliphatic hydroxyl groups excluding tert-OH is 2. The summed E-state index contributed by atoms with van der Waals surface area (Å²) in [6.45, 7) is 1.83. The van der Waals surface area contributed by atoms with Crippen molar-refractivity contribution < 1.29 is 15.1 Å². The molecule has 2 atom stereocenters. The third kappa shape index (κ3) is 3.23. The van der Waals surface area contributed by atoms with Crippen molar-refractivity contribution in [3.05, 3.63) is 39.4 Å². The third-order valence-corrected chi connectivity index (χ3v) is 2.55. The Morgan fingerprint density at radius 2 is 2.12 bits per heavy atom. The average Bonchev–Trinajstić information content (AvgIpc) is 2.28. The van der Waals surface area contributed by atoms with Crippen LogP contribution in [0.15, 0.2) is 18.2 Å². The highest BCUT2D eigenvalue weighted by Gasteiger charge is 2.20. The van der Waals surface area contributed by atoms with Crippen molar-refractivity contribution in [3.8, 4) is 0 Å². The summed E-state index contributed by atoms with van der Waals surface area (Å²) in [6, 6.07) is 4.42. The zero-order chi connectivity index (χ0) is 13.0. The van der Waals surface area contributed by atoms with Crippen LogP contribution in [-0.4, -0.2) is 34.8 Å². The lowest BCUT2D eigenvalue weighted by Gasteiger charge is -2.17. The van der Waals surface area contributed by atoms with Crippen molar-refractivity contribution in [1.29, 1.82) is 0 Å². The number of nitrogens with one attached hydrogen (secondary N) is 1. The van der Waals surface area contributed by atoms with E-state index in [1.54, 1.807) is 26.1 Å². The fraction of sp³-hybridized carbons (Fsp3) is 0.455. The number of hydrogen-bond acceptors (Lipinski definition) is 5. The van der Waals surface area contributed by atoms with Crippen LogP contribution < -0.4 is 5.32 Å². The summed E-state index contributed by atoms with van der Waals surface area (Å²) in [5.41, 5.74) is 0.803. The van der Waals surface area contributed by atoms with Gasteiger partial charge in [-0.2, -0.15) is 0 Å². The highest BCUT2D eigenvalue weighted by molar-refractivity contribution is 5.43. The number of likely N-dealkylation sites (N-methyl/N-ethyl adjacent to an activating group) is 1. The molecular formula is C11H16N2O4. The Balaban J connectivity index is 2.99. The number of benzene rings is 1. The van der Waals surface area contributed by atoms with Gasteiger partial charge in [-0.05, 0) is 19.5 Å². The maximum Gasteiger partial charge on any atom is 0.272 e. The average molecular weight is 240 g/mol. The molecule has 0 aromatic heterocycles. The van der Waals surface area contributed by atoms with E-state index in [4.69, 9.17) is 0 Å². The Kier molecular flexibility index (Phi) is 4.56. The number of hydrogen-bond donors (Lipinski definition) is 3. The van der Waals surface area contributed by atoms with Crippen LogP contribution in [0.3, 0.4) is 0 Å². The topological polar surface area (TPSA) is 95.6 Å². The maximum atomic E-state index is 10.7. The first-order chi connectivity index (χ1) is 7.97. The molecule has 0 spiro atoms. The summed E-state index contributed by atoms with van der Waals surface area (Å²) in [5.74, 6) is 0. The summed E-state index contributed by atoms with van der Waals surface area (Å²) < 4.78 is 0. The van der Waals surface area contributed by atoms with E-state index in [0.717, 1.165) is 0 Å². The fourth-order valence-corrected chi connectivity index (χ4v) is 1.55. The number of aliphatic hydroxyl groups is 2. The molecule has 6 nitrogen and oxygen atoms in total. The summed E-state index contributed by atoms with van der Waals surface area (Å²) in [6.07, 6.45) is -2.14. The summed E-state index contributed by atoms with van der Waals surface area (Å²) >= 11 is 0. The molecular weight excluding hydrogens is 224 g/mol. The van der Waals surface area contributed by atoms with Crippen LogP contribution in [0.5, 0.6) is 0 Å². The second-order valence-electron chi connectivity index (χ2n) is 3.87. The molecule has 17 heavy (non-hydrogen) atoms. The molecule has 2 unspecified atom stereocenters. The van der Waals surface area contributed by atoms with E-state index in [1.165, 1.54) is 6.07 Å². The zero-order valence-electron chi connectivity index (χ0n) is 9.75. The lowest BCUT2D eigenvalue weighted by molar-refractivity contribution is -0.385. The van der Waals surface area contributed by atoms with E-state index in [-0.39, 0.29) is 12.2 Å². The fourth-order valence-electron chi connectivity index (χ4n) is 1.55. The number of rotatable bonds is 5. The second-order valence-corrected chi connectivity index (χ2v) is 3.87. The Hall–Kier alpha value is -1.50. The van der Waals surface area contributed by atoms with Gasteiger partial charge in [-0.3, -0.25) is 10.1 Å². The number of nitro benzene ring substituents is 1. The zero-order valence-corrected chi connectivity index (χ0v) is 9.75. The van der Waals surface area contributed by atoms with Gasteiger partial charge < -0.3 is 15.5 Å². The molecule has 0 fully saturated rings. The van der Waals surface area contributed by atoms with Gasteiger partial charge in [0.1, 0.15) is 6.10 Å². The standard InChI is InChI=1S/C11H16N2O4/c1-7-3-4-8(5-9(7)13(16)17)11(15)10(14)6-12-2/h3-5,10-12,14-15H,6H2,1-2H3. The minimum atomic E-state index is -1.14. The lowest BCUT2D eigenvalue weighted by atomic mass is 10.0. The summed E-state index contributed by atoms with van der Waals surface area (Å²) in [5, 5.41) is 32.9. The van der Waals surface area contributed by atoms with Crippen LogP contribution in [0.2, 0.25) is 0 Å². The molecule has 6 heteroatoms. The van der Waals surface area contributed by atoms with E-state index >= 15 is 0 Å². The van der Waals surface area contributed by atoms with Gasteiger partial charge >= 0.3 is 0 Å². The van der Waals surface area contributed by atoms with Crippen molar-refractivity contribution in [2.24, 2.45) is 0 Å². The Morgan fingerprint density at radius 3 is 2.65 bits per heavy atom. The molecule has 0 aliphatic rings. The molecule has 0 aliphatic carbocycles. The largest absolute Gasteiger partial charge is 0.389 e. The van der Waals surface area contributed by atoms with Crippen LogP contribution in [0, 0.1) is 17.0 Å². The predicted octanol–water partition coefficient (Wildman–Crippen LogP) is 0.517. The van der Waals surface area contributed by atoms with Gasteiger partial charge in [0.15, 0.2) is 0 Å². The second kappa shape index (κ2) is 5.72. The van der Waals surface area contributed by atoms with Gasteiger partial charge in [0.2, 0.25) is 0 Å². The summed E-state index contributed by atoms with van der Waals surface area (Å²) in [4.78, 5) is 10.2. The van der Waals surface area contributed by atoms with Crippen LogP contribution in [0.25, 0.3) is 0 Å². The van der Waals surface area contributed by atoms with E-state index in [1.807, 2.05) is 0 Å². The molecule has 0 saturated heterocycles. The van der Waals surface area contributed by atoms with Crippen molar-refractivity contribution in [2.45, 2.75) is 19.1 Å². The number of aryl methyl sites for hydroxylation is 1. The van der Waals surface area contributed by atoms with Crippen LogP contribution in [0.1, 0.15) is 17.2 Å². The van der Waals surface area contributed by atoms with Crippen molar-refractivity contribution in [2.75, 3.05) is 13.6 Å². The molecule has 3 N–H and O–H groups in total. The van der Waals surface area contributed by atoms with Gasteiger partial charge in [-0.25, -0.2) is 0 Å². The molecule has 0 amide bonds. The van der Waals surface area contributed by atoms with E-state index in [0.29, 0.717) is 11.1 Å². The van der Waals surface area contributed by atoms with Gasteiger partial charge in [0.25, 0.3) is 5.69 Å². The minimum Gasteiger partial charge on any atom is -0.389 e. The molecule has 94 valence electrons. The molecule has 1 aromatic carbocycles. The summed E-state index contributed by atoms with van der Waals surface area (Å²) in [7, 11) is 1.65. The van der Waals surface area contributed by atoms with Crippen LogP contribution in [-0.2, 0) is 0 Å². The van der Waals surface area contributed by atoms with Crippen LogP contribution in [0.4, 0.5) is 5.69 Å². The van der Waals surface area contributed by atoms with Gasteiger partial charge in [-0.1, -0.05) is 12.1 Å². The predicted molar refractivity (Wildman–Crippen MR) is 62.7 cm³/mol. The Labute approximate surface area is 99.0 Å². The van der Waals surface area contributed by atoms with E-state index < -0.39 is 17.1 Å². The molecule has 0 heterocycles. The molecule has 1 rings (SSSR count). The Bertz CT molecular complexity index is 408. The number of nitro groups is 1. The first kappa shape index (κ1) is 13.6. The van der Waals surface area contributed by atoms with Crippen molar-refractivity contribution in [3.63, 3.8) is 0 Å². The third-order valence-electron chi connectivity index (χ3n) is 2.55. The molecule has 0 radical (unpaired) electrons. The quantitative estimate of drug-likeness (QED) is 0.515. The van der Waals surface area contributed by atoms with Crippen LogP contribution >= 0.6 is 0 Å². The highest BCUT2D eigenvalue weighted by Crippen LogP contribution is 2.24. The highest BCUT2D eigenvalue weighted by atomic mass is 16.6. The first-order valence-electron chi connectivity index (χ1n) is 5.23. The minimum absolute atomic E-state index is 0.0572.